The monoisotopic (exact) mass is 376 g/mol. The highest BCUT2D eigenvalue weighted by atomic mass is 16.5. The van der Waals surface area contributed by atoms with Crippen molar-refractivity contribution in [3.63, 3.8) is 0 Å². The first-order valence-electron chi connectivity index (χ1n) is 8.78. The number of esters is 1. The van der Waals surface area contributed by atoms with Crippen molar-refractivity contribution in [2.45, 2.75) is 6.61 Å². The second-order valence-electron chi connectivity index (χ2n) is 5.97. The van der Waals surface area contributed by atoms with E-state index in [1.807, 2.05) is 30.3 Å². The molecule has 0 N–H and O–H groups in total. The van der Waals surface area contributed by atoms with Crippen molar-refractivity contribution in [3.05, 3.63) is 95.6 Å². The number of Topliss-reactive ketones (excluding diaryl/α,β-unsaturated/α-hetero) is 1. The van der Waals surface area contributed by atoms with E-state index in [1.54, 1.807) is 48.5 Å². The van der Waals surface area contributed by atoms with Crippen LogP contribution in [0.25, 0.3) is 0 Å². The maximum Gasteiger partial charge on any atom is 0.342 e. The summed E-state index contributed by atoms with van der Waals surface area (Å²) in [5.74, 6) is -0.114. The summed E-state index contributed by atoms with van der Waals surface area (Å²) in [5.41, 5.74) is 1.62. The van der Waals surface area contributed by atoms with Crippen molar-refractivity contribution in [3.8, 4) is 11.5 Å². The standard InChI is InChI=1S/C23H20O5/c1-26-21-13-7-5-11-18(21)20(24)16-28-23(25)19-12-6-8-14-22(19)27-15-17-9-3-2-4-10-17/h2-14H,15-16H2,1H3. The molecule has 0 fully saturated rings. The van der Waals surface area contributed by atoms with Crippen LogP contribution < -0.4 is 9.47 Å². The fourth-order valence-electron chi connectivity index (χ4n) is 2.66. The Labute approximate surface area is 163 Å². The van der Waals surface area contributed by atoms with Crippen molar-refractivity contribution in [1.82, 2.24) is 0 Å². The largest absolute Gasteiger partial charge is 0.496 e. The molecule has 0 heterocycles. The number of rotatable bonds is 8. The van der Waals surface area contributed by atoms with E-state index >= 15 is 0 Å². The average Bonchev–Trinajstić information content (AvgIpc) is 2.76. The Kier molecular flexibility index (Phi) is 6.41. The van der Waals surface area contributed by atoms with Crippen molar-refractivity contribution in [1.29, 1.82) is 0 Å². The summed E-state index contributed by atoms with van der Waals surface area (Å²) in [7, 11) is 1.48. The zero-order valence-electron chi connectivity index (χ0n) is 15.5. The van der Waals surface area contributed by atoms with Gasteiger partial charge in [0.2, 0.25) is 5.78 Å². The summed E-state index contributed by atoms with van der Waals surface area (Å²) in [5, 5.41) is 0. The molecule has 0 radical (unpaired) electrons. The molecule has 3 aromatic rings. The first kappa shape index (κ1) is 19.2. The topological polar surface area (TPSA) is 61.8 Å². The summed E-state index contributed by atoms with van der Waals surface area (Å²) >= 11 is 0. The minimum atomic E-state index is -0.619. The van der Waals surface area contributed by atoms with E-state index in [9.17, 15) is 9.59 Å². The molecule has 0 saturated carbocycles. The number of hydrogen-bond donors (Lipinski definition) is 0. The molecular formula is C23H20O5. The molecule has 0 amide bonds. The Hall–Kier alpha value is -3.60. The van der Waals surface area contributed by atoms with Crippen LogP contribution >= 0.6 is 0 Å². The van der Waals surface area contributed by atoms with E-state index in [1.165, 1.54) is 7.11 Å². The van der Waals surface area contributed by atoms with Crippen molar-refractivity contribution in [2.75, 3.05) is 13.7 Å². The third kappa shape index (κ3) is 4.76. The molecule has 5 heteroatoms. The number of ether oxygens (including phenoxy) is 3. The van der Waals surface area contributed by atoms with Crippen LogP contribution in [0.2, 0.25) is 0 Å². The molecule has 0 unspecified atom stereocenters. The SMILES string of the molecule is COc1ccccc1C(=O)COC(=O)c1ccccc1OCc1ccccc1. The Morgan fingerprint density at radius 3 is 2.07 bits per heavy atom. The first-order valence-corrected chi connectivity index (χ1v) is 8.78. The highest BCUT2D eigenvalue weighted by molar-refractivity contribution is 6.01. The van der Waals surface area contributed by atoms with Gasteiger partial charge in [-0.3, -0.25) is 4.79 Å². The number of carbonyl (C=O) groups is 2. The lowest BCUT2D eigenvalue weighted by molar-refractivity contribution is 0.0469. The molecule has 0 aliphatic heterocycles. The summed E-state index contributed by atoms with van der Waals surface area (Å²) in [6.07, 6.45) is 0. The van der Waals surface area contributed by atoms with Crippen LogP contribution in [0.5, 0.6) is 11.5 Å². The number of hydrogen-bond acceptors (Lipinski definition) is 5. The van der Waals surface area contributed by atoms with E-state index in [2.05, 4.69) is 0 Å². The molecule has 28 heavy (non-hydrogen) atoms. The molecule has 0 aromatic heterocycles. The number of ketones is 1. The van der Waals surface area contributed by atoms with Crippen LogP contribution in [-0.2, 0) is 11.3 Å². The van der Waals surface area contributed by atoms with Crippen LogP contribution in [0.15, 0.2) is 78.9 Å². The second-order valence-corrected chi connectivity index (χ2v) is 5.97. The van der Waals surface area contributed by atoms with Gasteiger partial charge in [-0.15, -0.1) is 0 Å². The van der Waals surface area contributed by atoms with E-state index in [4.69, 9.17) is 14.2 Å². The van der Waals surface area contributed by atoms with Crippen LogP contribution in [-0.4, -0.2) is 25.5 Å². The van der Waals surface area contributed by atoms with Gasteiger partial charge >= 0.3 is 5.97 Å². The smallest absolute Gasteiger partial charge is 0.342 e. The molecule has 0 aliphatic rings. The van der Waals surface area contributed by atoms with Gasteiger partial charge in [-0.05, 0) is 29.8 Å². The number of methoxy groups -OCH3 is 1. The first-order chi connectivity index (χ1) is 13.7. The molecule has 0 atom stereocenters. The molecule has 3 rings (SSSR count). The second kappa shape index (κ2) is 9.37. The Bertz CT molecular complexity index is 950. The lowest BCUT2D eigenvalue weighted by atomic mass is 10.1. The maximum absolute atomic E-state index is 12.5. The third-order valence-electron chi connectivity index (χ3n) is 4.09. The summed E-state index contributed by atoms with van der Waals surface area (Å²) in [4.78, 5) is 24.8. The summed E-state index contributed by atoms with van der Waals surface area (Å²) in [6.45, 7) is -0.0580. The van der Waals surface area contributed by atoms with Crippen molar-refractivity contribution < 1.29 is 23.8 Å². The maximum atomic E-state index is 12.5. The predicted molar refractivity (Wildman–Crippen MR) is 105 cm³/mol. The molecule has 5 nitrogen and oxygen atoms in total. The van der Waals surface area contributed by atoms with Gasteiger partial charge in [0, 0.05) is 0 Å². The predicted octanol–water partition coefficient (Wildman–Crippen LogP) is 4.31. The molecule has 0 spiro atoms. The van der Waals surface area contributed by atoms with Crippen molar-refractivity contribution in [2.24, 2.45) is 0 Å². The number of para-hydroxylation sites is 2. The van der Waals surface area contributed by atoms with Gasteiger partial charge in [-0.2, -0.15) is 0 Å². The Balaban J connectivity index is 1.65. The van der Waals surface area contributed by atoms with Gasteiger partial charge in [-0.25, -0.2) is 4.79 Å². The molecule has 142 valence electrons. The molecule has 0 saturated heterocycles. The fourth-order valence-corrected chi connectivity index (χ4v) is 2.66. The minimum absolute atomic E-state index is 0.270. The van der Waals surface area contributed by atoms with E-state index < -0.39 is 5.97 Å². The zero-order valence-corrected chi connectivity index (χ0v) is 15.5. The van der Waals surface area contributed by atoms with Gasteiger partial charge in [0.25, 0.3) is 0 Å². The van der Waals surface area contributed by atoms with Crippen LogP contribution in [0.4, 0.5) is 0 Å². The lowest BCUT2D eigenvalue weighted by Gasteiger charge is -2.12. The van der Waals surface area contributed by atoms with Crippen LogP contribution in [0.1, 0.15) is 26.3 Å². The Morgan fingerprint density at radius 2 is 1.36 bits per heavy atom. The number of carbonyl (C=O) groups excluding carboxylic acids is 2. The average molecular weight is 376 g/mol. The van der Waals surface area contributed by atoms with Gasteiger partial charge in [0.15, 0.2) is 6.61 Å². The minimum Gasteiger partial charge on any atom is -0.496 e. The van der Waals surface area contributed by atoms with Gasteiger partial charge in [0.1, 0.15) is 23.7 Å². The van der Waals surface area contributed by atoms with Crippen LogP contribution in [0.3, 0.4) is 0 Å². The molecular weight excluding hydrogens is 356 g/mol. The lowest BCUT2D eigenvalue weighted by Crippen LogP contribution is -2.15. The fraction of sp³-hybridized carbons (Fsp3) is 0.130. The van der Waals surface area contributed by atoms with E-state index in [-0.39, 0.29) is 18.0 Å². The van der Waals surface area contributed by atoms with Gasteiger partial charge < -0.3 is 14.2 Å². The zero-order chi connectivity index (χ0) is 19.8. The molecule has 0 aliphatic carbocycles. The highest BCUT2D eigenvalue weighted by Gasteiger charge is 2.18. The summed E-state index contributed by atoms with van der Waals surface area (Å²) in [6, 6.07) is 23.2. The van der Waals surface area contributed by atoms with Crippen LogP contribution in [0, 0.1) is 0 Å². The van der Waals surface area contributed by atoms with Crippen molar-refractivity contribution >= 4 is 11.8 Å². The van der Waals surface area contributed by atoms with Gasteiger partial charge in [0.05, 0.1) is 12.7 Å². The quantitative estimate of drug-likeness (QED) is 0.433. The van der Waals surface area contributed by atoms with E-state index in [0.717, 1.165) is 5.56 Å². The third-order valence-corrected chi connectivity index (χ3v) is 4.09. The van der Waals surface area contributed by atoms with E-state index in [0.29, 0.717) is 23.7 Å². The normalized spacial score (nSPS) is 10.2. The Morgan fingerprint density at radius 1 is 0.750 bits per heavy atom. The summed E-state index contributed by atoms with van der Waals surface area (Å²) < 4.78 is 16.1. The number of benzene rings is 3. The highest BCUT2D eigenvalue weighted by Crippen LogP contribution is 2.21. The van der Waals surface area contributed by atoms with Gasteiger partial charge in [-0.1, -0.05) is 54.6 Å². The molecule has 0 bridgehead atoms. The molecule has 3 aromatic carbocycles.